The number of carbonyl (C=O) groups is 3. The number of Topliss-reactive ketones (excluding diaryl/α,β-unsaturated/α-hetero) is 1. The molecule has 10 nitrogen and oxygen atoms in total. The Labute approximate surface area is 272 Å². The summed E-state index contributed by atoms with van der Waals surface area (Å²) in [6.45, 7) is 2.25. The van der Waals surface area contributed by atoms with Crippen LogP contribution >= 0.6 is 11.6 Å². The number of hydrogen-bond acceptors (Lipinski definition) is 7. The normalized spacial score (nSPS) is 22.4. The smallest absolute Gasteiger partial charge is 0.306 e. The number of aryl methyl sites for hydroxylation is 1. The number of carboxylic acids is 1. The van der Waals surface area contributed by atoms with E-state index in [9.17, 15) is 19.5 Å². The quantitative estimate of drug-likeness (QED) is 0.295. The molecule has 0 radical (unpaired) electrons. The zero-order chi connectivity index (χ0) is 32.6. The first-order chi connectivity index (χ1) is 22.1. The molecule has 1 saturated carbocycles. The fourth-order valence-corrected chi connectivity index (χ4v) is 7.34. The van der Waals surface area contributed by atoms with Crippen LogP contribution in [-0.2, 0) is 32.5 Å². The van der Waals surface area contributed by atoms with Gasteiger partial charge in [-0.15, -0.1) is 0 Å². The van der Waals surface area contributed by atoms with E-state index in [1.807, 2.05) is 45.7 Å². The van der Waals surface area contributed by atoms with Crippen molar-refractivity contribution in [3.05, 3.63) is 64.6 Å². The van der Waals surface area contributed by atoms with Gasteiger partial charge in [0.1, 0.15) is 5.82 Å². The molecule has 12 heteroatoms. The standard InChI is InChI=1S/C34H40ClFN4O6/c1-38-20-26(25-7-3-4-8-30(25)38)32(42)37-29-17-28(36)22(15-27(29)35)16-31(41)34(39-13-5-6-14-39,40-18-24(19-40)45-2)46-23-11-9-21(10-12-23)33(43)44/h3-4,7-8,15,17,20-21,23-24H,5-6,9-14,16,18-19H2,1-2H3,(H,37,42)(H,43,44)/t21-,23-,34?. The molecule has 1 aromatic heterocycles. The number of carboxylic acid groups (broad SMARTS) is 1. The molecular formula is C34H40ClFN4O6. The molecule has 3 aliphatic rings. The van der Waals surface area contributed by atoms with Gasteiger partial charge in [0.2, 0.25) is 5.85 Å². The second-order valence-corrected chi connectivity index (χ2v) is 13.1. The fraction of sp³-hybridized carbons (Fsp3) is 0.500. The molecular weight excluding hydrogens is 615 g/mol. The largest absolute Gasteiger partial charge is 0.481 e. The van der Waals surface area contributed by atoms with E-state index in [1.54, 1.807) is 13.3 Å². The summed E-state index contributed by atoms with van der Waals surface area (Å²) in [4.78, 5) is 43.3. The molecule has 1 atom stereocenters. The number of ether oxygens (including phenoxy) is 2. The number of halogens is 2. The molecule has 0 spiro atoms. The number of amides is 1. The number of nitrogens with one attached hydrogen (secondary N) is 1. The topological polar surface area (TPSA) is 113 Å². The average molecular weight is 655 g/mol. The maximum absolute atomic E-state index is 15.7. The van der Waals surface area contributed by atoms with Crippen molar-refractivity contribution in [2.45, 2.75) is 63.0 Å². The van der Waals surface area contributed by atoms with Crippen LogP contribution in [-0.4, -0.2) is 88.5 Å². The van der Waals surface area contributed by atoms with Gasteiger partial charge in [0.05, 0.1) is 34.4 Å². The van der Waals surface area contributed by atoms with Gasteiger partial charge in [0.15, 0.2) is 5.78 Å². The molecule has 2 aromatic carbocycles. The van der Waals surface area contributed by atoms with Crippen molar-refractivity contribution >= 4 is 45.9 Å². The minimum atomic E-state index is -1.44. The van der Waals surface area contributed by atoms with Crippen LogP contribution in [0.4, 0.5) is 10.1 Å². The highest BCUT2D eigenvalue weighted by Crippen LogP contribution is 2.39. The van der Waals surface area contributed by atoms with Crippen LogP contribution in [0.2, 0.25) is 5.02 Å². The molecule has 3 aromatic rings. The Kier molecular flexibility index (Phi) is 9.50. The van der Waals surface area contributed by atoms with Crippen molar-refractivity contribution in [1.82, 2.24) is 14.4 Å². The molecule has 3 heterocycles. The number of likely N-dealkylation sites (tertiary alicyclic amines) is 2. The van der Waals surface area contributed by atoms with Crippen LogP contribution < -0.4 is 5.32 Å². The average Bonchev–Trinajstić information content (AvgIpc) is 3.68. The van der Waals surface area contributed by atoms with Gasteiger partial charge in [-0.3, -0.25) is 24.2 Å². The van der Waals surface area contributed by atoms with Gasteiger partial charge in [0, 0.05) is 63.9 Å². The molecule has 1 aliphatic carbocycles. The van der Waals surface area contributed by atoms with Crippen LogP contribution in [0, 0.1) is 11.7 Å². The lowest BCUT2D eigenvalue weighted by atomic mass is 9.87. The Balaban J connectivity index is 1.25. The summed E-state index contributed by atoms with van der Waals surface area (Å²) in [6, 6.07) is 10.0. The Morgan fingerprint density at radius 2 is 1.74 bits per heavy atom. The number of benzene rings is 2. The molecule has 1 amide bonds. The molecule has 2 saturated heterocycles. The number of aliphatic carboxylic acids is 1. The first-order valence-corrected chi connectivity index (χ1v) is 16.3. The molecule has 2 N–H and O–H groups in total. The van der Waals surface area contributed by atoms with Gasteiger partial charge in [-0.25, -0.2) is 4.39 Å². The Hall–Kier alpha value is -3.35. The first-order valence-electron chi connectivity index (χ1n) is 15.9. The van der Waals surface area contributed by atoms with E-state index < -0.39 is 29.5 Å². The van der Waals surface area contributed by atoms with Gasteiger partial charge >= 0.3 is 5.97 Å². The molecule has 246 valence electrons. The van der Waals surface area contributed by atoms with Crippen molar-refractivity contribution in [1.29, 1.82) is 0 Å². The summed E-state index contributed by atoms with van der Waals surface area (Å²) in [5, 5.41) is 13.1. The van der Waals surface area contributed by atoms with Crippen molar-refractivity contribution < 1.29 is 33.4 Å². The fourth-order valence-electron chi connectivity index (χ4n) is 7.10. The minimum absolute atomic E-state index is 0.0584. The number of para-hydroxylation sites is 1. The molecule has 6 rings (SSSR count). The Morgan fingerprint density at radius 3 is 2.41 bits per heavy atom. The summed E-state index contributed by atoms with van der Waals surface area (Å²) in [5.74, 6) is -4.07. The van der Waals surface area contributed by atoms with Gasteiger partial charge in [-0.2, -0.15) is 0 Å². The number of anilines is 1. The number of methoxy groups -OCH3 is 1. The van der Waals surface area contributed by atoms with E-state index in [-0.39, 0.29) is 40.7 Å². The lowest BCUT2D eigenvalue weighted by Gasteiger charge is -2.55. The highest BCUT2D eigenvalue weighted by atomic mass is 35.5. The lowest BCUT2D eigenvalue weighted by Crippen LogP contribution is -2.74. The summed E-state index contributed by atoms with van der Waals surface area (Å²) >= 11 is 6.60. The monoisotopic (exact) mass is 654 g/mol. The van der Waals surface area contributed by atoms with E-state index in [1.165, 1.54) is 6.07 Å². The summed E-state index contributed by atoms with van der Waals surface area (Å²) in [5.41, 5.74) is 1.53. The van der Waals surface area contributed by atoms with Crippen LogP contribution in [0.3, 0.4) is 0 Å². The summed E-state index contributed by atoms with van der Waals surface area (Å²) in [6.07, 6.45) is 4.85. The third-order valence-corrected chi connectivity index (χ3v) is 10.1. The zero-order valence-corrected chi connectivity index (χ0v) is 26.9. The summed E-state index contributed by atoms with van der Waals surface area (Å²) in [7, 11) is 3.48. The Morgan fingerprint density at radius 1 is 1.04 bits per heavy atom. The third-order valence-electron chi connectivity index (χ3n) is 9.74. The number of rotatable bonds is 11. The van der Waals surface area contributed by atoms with Crippen LogP contribution in [0.1, 0.15) is 54.4 Å². The first kappa shape index (κ1) is 32.6. The maximum Gasteiger partial charge on any atom is 0.306 e. The minimum Gasteiger partial charge on any atom is -0.481 e. The lowest BCUT2D eigenvalue weighted by molar-refractivity contribution is -0.282. The maximum atomic E-state index is 15.7. The number of aromatic nitrogens is 1. The van der Waals surface area contributed by atoms with Gasteiger partial charge in [-0.1, -0.05) is 29.8 Å². The number of carbonyl (C=O) groups excluding carboxylic acids is 2. The van der Waals surface area contributed by atoms with Gasteiger partial charge < -0.3 is 24.5 Å². The van der Waals surface area contributed by atoms with Gasteiger partial charge in [0.25, 0.3) is 5.91 Å². The van der Waals surface area contributed by atoms with Crippen molar-refractivity contribution in [2.24, 2.45) is 13.0 Å². The third kappa shape index (κ3) is 6.18. The molecule has 2 aliphatic heterocycles. The predicted octanol–water partition coefficient (Wildman–Crippen LogP) is 5.07. The SMILES string of the molecule is COC1CN(C(O[C@H]2CC[C@H](C(=O)O)CC2)(C(=O)Cc2cc(Cl)c(NC(=O)c3cn(C)c4ccccc34)cc2F)N2CCCC2)C1. The molecule has 3 fully saturated rings. The van der Waals surface area contributed by atoms with Crippen LogP contribution in [0.5, 0.6) is 0 Å². The molecule has 46 heavy (non-hydrogen) atoms. The number of ketones is 1. The van der Waals surface area contributed by atoms with E-state index in [2.05, 4.69) is 5.32 Å². The predicted molar refractivity (Wildman–Crippen MR) is 171 cm³/mol. The number of hydrogen-bond donors (Lipinski definition) is 2. The van der Waals surface area contributed by atoms with E-state index in [4.69, 9.17) is 21.1 Å². The van der Waals surface area contributed by atoms with E-state index in [0.717, 1.165) is 29.8 Å². The van der Waals surface area contributed by atoms with Gasteiger partial charge in [-0.05, 0) is 62.3 Å². The van der Waals surface area contributed by atoms with Crippen molar-refractivity contribution in [2.75, 3.05) is 38.6 Å². The van der Waals surface area contributed by atoms with E-state index in [0.29, 0.717) is 57.4 Å². The molecule has 1 unspecified atom stereocenters. The number of fused-ring (bicyclic) bond motifs is 1. The van der Waals surface area contributed by atoms with Crippen molar-refractivity contribution in [3.63, 3.8) is 0 Å². The second-order valence-electron chi connectivity index (χ2n) is 12.6. The summed E-state index contributed by atoms with van der Waals surface area (Å²) < 4.78 is 29.9. The second kappa shape index (κ2) is 13.4. The van der Waals surface area contributed by atoms with Crippen LogP contribution in [0.15, 0.2) is 42.6 Å². The van der Waals surface area contributed by atoms with E-state index >= 15 is 4.39 Å². The number of nitrogens with zero attached hydrogens (tertiary/aromatic N) is 3. The highest BCUT2D eigenvalue weighted by Gasteiger charge is 2.56. The van der Waals surface area contributed by atoms with Crippen LogP contribution in [0.25, 0.3) is 10.9 Å². The Bertz CT molecular complexity index is 1630. The highest BCUT2D eigenvalue weighted by molar-refractivity contribution is 6.34. The van der Waals surface area contributed by atoms with Crippen molar-refractivity contribution in [3.8, 4) is 0 Å². The zero-order valence-electron chi connectivity index (χ0n) is 26.1. The molecule has 0 bridgehead atoms.